The Hall–Kier alpha value is -1.32. The minimum absolute atomic E-state index is 0. The molecule has 3 N–H and O–H groups in total. The van der Waals surface area contributed by atoms with Crippen LogP contribution in [0.25, 0.3) is 0 Å². The van der Waals surface area contributed by atoms with Gasteiger partial charge in [-0.25, -0.2) is 5.43 Å². The standard InChI is InChI=1S/C13H12N3O.C5H5.Fe/c14-12-7-5-11(6-8-12)13(17)16-15-9-10-3-1-2-4-10;1-2-4-5-3-1;/h1-9H,14H2,(H,16,17);1-5H;/q;;+2/b15-9+;;. The van der Waals surface area contributed by atoms with E-state index in [1.807, 2.05) is 57.8 Å². The molecule has 23 heavy (non-hydrogen) atoms. The van der Waals surface area contributed by atoms with Crippen molar-refractivity contribution in [3.05, 3.63) is 93.5 Å². The minimum atomic E-state index is -0.257. The Morgan fingerprint density at radius 2 is 1.43 bits per heavy atom. The summed E-state index contributed by atoms with van der Waals surface area (Å²) in [6.45, 7) is 0. The Kier molecular flexibility index (Phi) is 9.65. The molecule has 5 heteroatoms. The second-order valence-corrected chi connectivity index (χ2v) is 4.50. The summed E-state index contributed by atoms with van der Waals surface area (Å²) in [5.41, 5.74) is 9.13. The number of nitrogen functional groups attached to an aromatic ring is 1. The van der Waals surface area contributed by atoms with Gasteiger partial charge in [0.2, 0.25) is 0 Å². The molecule has 4 nitrogen and oxygen atoms in total. The summed E-state index contributed by atoms with van der Waals surface area (Å²) in [6.07, 6.45) is 19.2. The Morgan fingerprint density at radius 3 is 1.96 bits per heavy atom. The van der Waals surface area contributed by atoms with Crippen molar-refractivity contribution in [3.63, 3.8) is 0 Å². The minimum Gasteiger partial charge on any atom is -0.399 e. The van der Waals surface area contributed by atoms with Gasteiger partial charge < -0.3 is 5.73 Å². The summed E-state index contributed by atoms with van der Waals surface area (Å²) in [7, 11) is 0. The van der Waals surface area contributed by atoms with Gasteiger partial charge in [-0.1, -0.05) is 0 Å². The predicted octanol–water partition coefficient (Wildman–Crippen LogP) is 2.41. The molecule has 2 aliphatic rings. The zero-order chi connectivity index (χ0) is 15.6. The van der Waals surface area contributed by atoms with Crippen LogP contribution in [-0.2, 0) is 17.1 Å². The fourth-order valence-electron chi connectivity index (χ4n) is 1.66. The third-order valence-electron chi connectivity index (χ3n) is 2.80. The molecule has 116 valence electrons. The average Bonchev–Trinajstić information content (AvgIpc) is 3.24. The second kappa shape index (κ2) is 11.3. The van der Waals surface area contributed by atoms with E-state index in [9.17, 15) is 4.79 Å². The van der Waals surface area contributed by atoms with Crippen LogP contribution in [0.4, 0.5) is 5.69 Å². The molecule has 2 aliphatic carbocycles. The summed E-state index contributed by atoms with van der Waals surface area (Å²) < 4.78 is 0. The number of benzene rings is 1. The molecule has 0 heterocycles. The molecule has 0 atom stereocenters. The van der Waals surface area contributed by atoms with E-state index in [4.69, 9.17) is 5.73 Å². The van der Waals surface area contributed by atoms with E-state index in [0.29, 0.717) is 11.3 Å². The van der Waals surface area contributed by atoms with Crippen molar-refractivity contribution >= 4 is 17.8 Å². The molecule has 0 aromatic heterocycles. The number of hydrogen-bond donors (Lipinski definition) is 2. The molecular formula is C18H17FeN3O+2. The maximum atomic E-state index is 11.6. The van der Waals surface area contributed by atoms with Gasteiger partial charge in [0.05, 0.1) is 0 Å². The van der Waals surface area contributed by atoms with Gasteiger partial charge >= 0.3 is 17.1 Å². The Balaban J connectivity index is 0.000000377. The fourth-order valence-corrected chi connectivity index (χ4v) is 1.66. The van der Waals surface area contributed by atoms with Crippen LogP contribution in [-0.4, -0.2) is 12.1 Å². The third kappa shape index (κ3) is 7.67. The van der Waals surface area contributed by atoms with Crippen molar-refractivity contribution in [1.29, 1.82) is 0 Å². The first kappa shape index (κ1) is 19.7. The molecular weight excluding hydrogens is 330 g/mol. The average molecular weight is 347 g/mol. The van der Waals surface area contributed by atoms with E-state index in [2.05, 4.69) is 10.5 Å². The number of amides is 1. The summed E-state index contributed by atoms with van der Waals surface area (Å²) in [6, 6.07) is 6.66. The normalized spacial score (nSPS) is 17.4. The number of nitrogens with one attached hydrogen (secondary N) is 1. The Labute approximate surface area is 149 Å². The van der Waals surface area contributed by atoms with E-state index in [-0.39, 0.29) is 23.0 Å². The van der Waals surface area contributed by atoms with Gasteiger partial charge in [0, 0.05) is 23.4 Å². The van der Waals surface area contributed by atoms with E-state index in [0.717, 1.165) is 5.92 Å². The van der Waals surface area contributed by atoms with Gasteiger partial charge in [-0.3, -0.25) is 4.79 Å². The summed E-state index contributed by atoms with van der Waals surface area (Å²) in [5, 5.41) is 3.86. The van der Waals surface area contributed by atoms with E-state index in [1.54, 1.807) is 30.5 Å². The maximum Gasteiger partial charge on any atom is 2.00 e. The number of nitrogens with two attached hydrogens (primary N) is 1. The van der Waals surface area contributed by atoms with Crippen LogP contribution >= 0.6 is 0 Å². The zero-order valence-corrected chi connectivity index (χ0v) is 13.5. The quantitative estimate of drug-likeness (QED) is 0.382. The van der Waals surface area contributed by atoms with Crippen LogP contribution in [0.3, 0.4) is 0 Å². The number of carbonyl (C=O) groups excluding carboxylic acids is 1. The molecule has 0 bridgehead atoms. The van der Waals surface area contributed by atoms with Crippen molar-refractivity contribution in [1.82, 2.24) is 5.43 Å². The molecule has 3 rings (SSSR count). The molecule has 10 radical (unpaired) electrons. The van der Waals surface area contributed by atoms with Crippen LogP contribution in [0, 0.1) is 63.7 Å². The van der Waals surface area contributed by atoms with Crippen LogP contribution in [0.1, 0.15) is 10.4 Å². The van der Waals surface area contributed by atoms with E-state index < -0.39 is 0 Å². The van der Waals surface area contributed by atoms with Crippen molar-refractivity contribution in [2.24, 2.45) is 5.10 Å². The first-order valence-electron chi connectivity index (χ1n) is 6.83. The fraction of sp³-hybridized carbons (Fsp3) is 0. The topological polar surface area (TPSA) is 67.5 Å². The monoisotopic (exact) mass is 347 g/mol. The van der Waals surface area contributed by atoms with Gasteiger partial charge in [-0.15, -0.1) is 0 Å². The van der Waals surface area contributed by atoms with Gasteiger partial charge in [0.15, 0.2) is 0 Å². The van der Waals surface area contributed by atoms with Crippen LogP contribution in [0.2, 0.25) is 0 Å². The summed E-state index contributed by atoms with van der Waals surface area (Å²) in [5.74, 6) is 0.690. The predicted molar refractivity (Wildman–Crippen MR) is 88.8 cm³/mol. The molecule has 0 saturated heterocycles. The SMILES string of the molecule is Nc1ccc(C(=O)N/N=C/[C]2[CH][CH][CH][CH]2)cc1.[CH]1[CH][CH][CH][CH]1.[Fe+2]. The van der Waals surface area contributed by atoms with Crippen molar-refractivity contribution in [2.45, 2.75) is 0 Å². The smallest absolute Gasteiger partial charge is 0.399 e. The summed E-state index contributed by atoms with van der Waals surface area (Å²) in [4.78, 5) is 11.6. The number of nitrogens with zero attached hydrogens (tertiary/aromatic N) is 1. The Bertz CT molecular complexity index is 470. The van der Waals surface area contributed by atoms with Gasteiger partial charge in [-0.05, 0) is 82.1 Å². The van der Waals surface area contributed by atoms with Crippen molar-refractivity contribution in [3.8, 4) is 0 Å². The first-order valence-corrected chi connectivity index (χ1v) is 6.83. The molecule has 0 aliphatic heterocycles. The molecule has 1 amide bonds. The van der Waals surface area contributed by atoms with Crippen molar-refractivity contribution < 1.29 is 21.9 Å². The maximum absolute atomic E-state index is 11.6. The number of rotatable bonds is 3. The van der Waals surface area contributed by atoms with E-state index in [1.165, 1.54) is 0 Å². The molecule has 2 fully saturated rings. The molecule has 0 spiro atoms. The number of carbonyl (C=O) groups is 1. The first-order chi connectivity index (χ1) is 10.8. The molecule has 0 unspecified atom stereocenters. The van der Waals surface area contributed by atoms with Crippen LogP contribution in [0.5, 0.6) is 0 Å². The van der Waals surface area contributed by atoms with Gasteiger partial charge in [-0.2, -0.15) is 5.10 Å². The van der Waals surface area contributed by atoms with Crippen LogP contribution < -0.4 is 11.2 Å². The van der Waals surface area contributed by atoms with E-state index >= 15 is 0 Å². The van der Waals surface area contributed by atoms with Gasteiger partial charge in [0.1, 0.15) is 0 Å². The van der Waals surface area contributed by atoms with Crippen molar-refractivity contribution in [2.75, 3.05) is 5.73 Å². The molecule has 1 aromatic carbocycles. The third-order valence-corrected chi connectivity index (χ3v) is 2.80. The molecule has 2 saturated carbocycles. The molecule has 1 aromatic rings. The number of anilines is 1. The summed E-state index contributed by atoms with van der Waals surface area (Å²) >= 11 is 0. The number of hydrazone groups is 1. The van der Waals surface area contributed by atoms with Gasteiger partial charge in [0.25, 0.3) is 5.91 Å². The zero-order valence-electron chi connectivity index (χ0n) is 12.4. The van der Waals surface area contributed by atoms with Crippen LogP contribution in [0.15, 0.2) is 29.4 Å². The largest absolute Gasteiger partial charge is 2.00 e. The number of hydrogen-bond acceptors (Lipinski definition) is 3. The Morgan fingerprint density at radius 1 is 0.913 bits per heavy atom. The second-order valence-electron chi connectivity index (χ2n) is 4.50.